The SMILES string of the molecule is C=C(c1cc(C(=O)OC(C)(C)C)cc(C(O)NC)n1)c1cccc2[nH]ccc12. The van der Waals surface area contributed by atoms with Gasteiger partial charge in [0.2, 0.25) is 0 Å². The molecule has 28 heavy (non-hydrogen) atoms. The maximum Gasteiger partial charge on any atom is 0.338 e. The first-order valence-corrected chi connectivity index (χ1v) is 9.06. The third kappa shape index (κ3) is 4.13. The molecule has 0 fully saturated rings. The first-order chi connectivity index (χ1) is 13.2. The topological polar surface area (TPSA) is 87.2 Å². The van der Waals surface area contributed by atoms with E-state index in [1.807, 2.05) is 51.2 Å². The molecular weight excluding hydrogens is 354 g/mol. The summed E-state index contributed by atoms with van der Waals surface area (Å²) in [6, 6.07) is 11.0. The Hall–Kier alpha value is -2.96. The van der Waals surface area contributed by atoms with E-state index in [0.29, 0.717) is 22.5 Å². The van der Waals surface area contributed by atoms with E-state index in [1.165, 1.54) is 6.07 Å². The molecule has 1 atom stereocenters. The summed E-state index contributed by atoms with van der Waals surface area (Å²) < 4.78 is 5.49. The van der Waals surface area contributed by atoms with Crippen LogP contribution in [0.25, 0.3) is 16.5 Å². The Morgan fingerprint density at radius 3 is 2.71 bits per heavy atom. The van der Waals surface area contributed by atoms with Crippen LogP contribution in [-0.4, -0.2) is 33.7 Å². The van der Waals surface area contributed by atoms with Gasteiger partial charge in [-0.05, 0) is 57.6 Å². The molecule has 0 saturated carbocycles. The second-order valence-electron chi connectivity index (χ2n) is 7.58. The molecule has 6 heteroatoms. The summed E-state index contributed by atoms with van der Waals surface area (Å²) in [6.07, 6.45) is 0.847. The predicted octanol–water partition coefficient (Wildman–Crippen LogP) is 3.79. The van der Waals surface area contributed by atoms with Crippen molar-refractivity contribution in [2.45, 2.75) is 32.6 Å². The largest absolute Gasteiger partial charge is 0.456 e. The van der Waals surface area contributed by atoms with Crippen LogP contribution in [0.2, 0.25) is 0 Å². The monoisotopic (exact) mass is 379 g/mol. The summed E-state index contributed by atoms with van der Waals surface area (Å²) in [5.41, 5.74) is 3.04. The van der Waals surface area contributed by atoms with Crippen LogP contribution in [0, 0.1) is 0 Å². The fourth-order valence-corrected chi connectivity index (χ4v) is 2.94. The summed E-state index contributed by atoms with van der Waals surface area (Å²) in [4.78, 5) is 20.3. The van der Waals surface area contributed by atoms with Gasteiger partial charge < -0.3 is 14.8 Å². The quantitative estimate of drug-likeness (QED) is 0.464. The smallest absolute Gasteiger partial charge is 0.338 e. The summed E-state index contributed by atoms with van der Waals surface area (Å²) in [6.45, 7) is 9.62. The molecule has 0 saturated heterocycles. The van der Waals surface area contributed by atoms with Gasteiger partial charge in [-0.3, -0.25) is 5.32 Å². The molecule has 0 bridgehead atoms. The number of hydrogen-bond acceptors (Lipinski definition) is 5. The standard InChI is InChI=1S/C22H25N3O3/c1-13(15-7-6-8-17-16(15)9-10-24-17)18-11-14(21(27)28-22(2,3)4)12-19(25-18)20(26)23-5/h6-12,20,23-24,26H,1H2,2-5H3. The second kappa shape index (κ2) is 7.58. The summed E-state index contributed by atoms with van der Waals surface area (Å²) in [7, 11) is 1.61. The average molecular weight is 379 g/mol. The summed E-state index contributed by atoms with van der Waals surface area (Å²) in [5.74, 6) is -0.478. The van der Waals surface area contributed by atoms with E-state index in [1.54, 1.807) is 13.1 Å². The van der Waals surface area contributed by atoms with Crippen LogP contribution in [0.1, 0.15) is 54.3 Å². The molecule has 1 unspecified atom stereocenters. The molecule has 0 aliphatic heterocycles. The Morgan fingerprint density at radius 1 is 1.29 bits per heavy atom. The van der Waals surface area contributed by atoms with Gasteiger partial charge in [-0.1, -0.05) is 18.7 Å². The molecule has 0 amide bonds. The van der Waals surface area contributed by atoms with Gasteiger partial charge in [0, 0.05) is 22.7 Å². The highest BCUT2D eigenvalue weighted by Gasteiger charge is 2.21. The minimum absolute atomic E-state index is 0.312. The van der Waals surface area contributed by atoms with Crippen molar-refractivity contribution in [3.05, 3.63) is 71.7 Å². The van der Waals surface area contributed by atoms with E-state index >= 15 is 0 Å². The lowest BCUT2D eigenvalue weighted by Gasteiger charge is -2.20. The lowest BCUT2D eigenvalue weighted by atomic mass is 9.98. The minimum atomic E-state index is -1.02. The van der Waals surface area contributed by atoms with Crippen molar-refractivity contribution in [1.82, 2.24) is 15.3 Å². The fourth-order valence-electron chi connectivity index (χ4n) is 2.94. The molecule has 3 aromatic rings. The Labute approximate surface area is 164 Å². The van der Waals surface area contributed by atoms with Crippen LogP contribution < -0.4 is 5.32 Å². The van der Waals surface area contributed by atoms with Crippen LogP contribution in [-0.2, 0) is 4.74 Å². The lowest BCUT2D eigenvalue weighted by Crippen LogP contribution is -2.25. The number of benzene rings is 1. The van der Waals surface area contributed by atoms with Crippen LogP contribution in [0.15, 0.2) is 49.2 Å². The summed E-state index contributed by atoms with van der Waals surface area (Å²) in [5, 5.41) is 14.0. The number of nitrogens with zero attached hydrogens (tertiary/aromatic N) is 1. The number of aromatic amines is 1. The number of aliphatic hydroxyl groups is 1. The fraction of sp³-hybridized carbons (Fsp3) is 0.273. The van der Waals surface area contributed by atoms with Gasteiger partial charge in [0.15, 0.2) is 0 Å². The Balaban J connectivity index is 2.09. The maximum absolute atomic E-state index is 12.6. The van der Waals surface area contributed by atoms with Crippen molar-refractivity contribution in [2.24, 2.45) is 0 Å². The number of pyridine rings is 1. The van der Waals surface area contributed by atoms with Gasteiger partial charge in [0.25, 0.3) is 0 Å². The minimum Gasteiger partial charge on any atom is -0.456 e. The number of esters is 1. The predicted molar refractivity (Wildman–Crippen MR) is 110 cm³/mol. The van der Waals surface area contributed by atoms with Crippen LogP contribution in [0.4, 0.5) is 0 Å². The second-order valence-corrected chi connectivity index (χ2v) is 7.58. The normalized spacial score (nSPS) is 12.8. The van der Waals surface area contributed by atoms with E-state index in [-0.39, 0.29) is 0 Å². The van der Waals surface area contributed by atoms with Crippen LogP contribution >= 0.6 is 0 Å². The molecule has 0 aliphatic carbocycles. The molecular formula is C22H25N3O3. The molecule has 3 rings (SSSR count). The molecule has 6 nitrogen and oxygen atoms in total. The zero-order valence-corrected chi connectivity index (χ0v) is 16.5. The van der Waals surface area contributed by atoms with Crippen molar-refractivity contribution in [1.29, 1.82) is 0 Å². The van der Waals surface area contributed by atoms with E-state index in [2.05, 4.69) is 21.9 Å². The maximum atomic E-state index is 12.6. The van der Waals surface area contributed by atoms with E-state index in [0.717, 1.165) is 16.5 Å². The number of fused-ring (bicyclic) bond motifs is 1. The van der Waals surface area contributed by atoms with Crippen molar-refractivity contribution < 1.29 is 14.6 Å². The highest BCUT2D eigenvalue weighted by molar-refractivity contribution is 5.97. The van der Waals surface area contributed by atoms with Crippen LogP contribution in [0.5, 0.6) is 0 Å². The number of carbonyl (C=O) groups excluding carboxylic acids is 1. The molecule has 0 aliphatic rings. The Morgan fingerprint density at radius 2 is 2.04 bits per heavy atom. The molecule has 2 aromatic heterocycles. The van der Waals surface area contributed by atoms with Gasteiger partial charge in [0.1, 0.15) is 11.8 Å². The van der Waals surface area contributed by atoms with Crippen molar-refractivity contribution in [3.63, 3.8) is 0 Å². The average Bonchev–Trinajstić information content (AvgIpc) is 3.13. The third-order valence-corrected chi connectivity index (χ3v) is 4.26. The molecule has 0 radical (unpaired) electrons. The number of aromatic nitrogens is 2. The molecule has 0 spiro atoms. The number of hydrogen-bond donors (Lipinski definition) is 3. The van der Waals surface area contributed by atoms with Gasteiger partial charge in [0.05, 0.1) is 17.0 Å². The molecule has 1 aromatic carbocycles. The van der Waals surface area contributed by atoms with E-state index in [9.17, 15) is 9.90 Å². The summed E-state index contributed by atoms with van der Waals surface area (Å²) >= 11 is 0. The number of H-pyrrole nitrogens is 1. The zero-order valence-electron chi connectivity index (χ0n) is 16.5. The number of rotatable bonds is 5. The first kappa shape index (κ1) is 19.8. The Bertz CT molecular complexity index is 1030. The zero-order chi connectivity index (χ0) is 20.5. The Kier molecular flexibility index (Phi) is 5.36. The lowest BCUT2D eigenvalue weighted by molar-refractivity contribution is 0.00689. The third-order valence-electron chi connectivity index (χ3n) is 4.26. The highest BCUT2D eigenvalue weighted by atomic mass is 16.6. The van der Waals surface area contributed by atoms with Gasteiger partial charge in [-0.25, -0.2) is 9.78 Å². The van der Waals surface area contributed by atoms with Crippen molar-refractivity contribution in [3.8, 4) is 0 Å². The molecule has 3 N–H and O–H groups in total. The van der Waals surface area contributed by atoms with Crippen molar-refractivity contribution in [2.75, 3.05) is 7.05 Å². The first-order valence-electron chi connectivity index (χ1n) is 9.06. The van der Waals surface area contributed by atoms with E-state index < -0.39 is 17.8 Å². The van der Waals surface area contributed by atoms with Gasteiger partial charge in [-0.2, -0.15) is 0 Å². The van der Waals surface area contributed by atoms with E-state index in [4.69, 9.17) is 4.74 Å². The van der Waals surface area contributed by atoms with Gasteiger partial charge in [-0.15, -0.1) is 0 Å². The number of ether oxygens (including phenoxy) is 1. The molecule has 146 valence electrons. The number of carbonyl (C=O) groups is 1. The van der Waals surface area contributed by atoms with Gasteiger partial charge >= 0.3 is 5.97 Å². The number of nitrogens with one attached hydrogen (secondary N) is 2. The van der Waals surface area contributed by atoms with Crippen molar-refractivity contribution >= 4 is 22.4 Å². The number of aliphatic hydroxyl groups excluding tert-OH is 1. The highest BCUT2D eigenvalue weighted by Crippen LogP contribution is 2.29. The van der Waals surface area contributed by atoms with Crippen LogP contribution in [0.3, 0.4) is 0 Å². The molecule has 2 heterocycles.